The highest BCUT2D eigenvalue weighted by atomic mass is 32.2. The van der Waals surface area contributed by atoms with E-state index in [2.05, 4.69) is 15.2 Å². The van der Waals surface area contributed by atoms with Crippen molar-refractivity contribution in [1.82, 2.24) is 15.2 Å². The van der Waals surface area contributed by atoms with Gasteiger partial charge in [-0.3, -0.25) is 19.7 Å². The normalized spacial score (nSPS) is 16.1. The number of hydrogen-bond acceptors (Lipinski definition) is 9. The quantitative estimate of drug-likeness (QED) is 0.255. The Hall–Kier alpha value is -4.12. The topological polar surface area (TPSA) is 132 Å². The smallest absolute Gasteiger partial charge is 0.269 e. The van der Waals surface area contributed by atoms with Gasteiger partial charge in [0.25, 0.3) is 5.69 Å². The highest BCUT2D eigenvalue weighted by molar-refractivity contribution is 8.00. The van der Waals surface area contributed by atoms with E-state index in [-0.39, 0.29) is 23.0 Å². The van der Waals surface area contributed by atoms with Crippen molar-refractivity contribution >= 4 is 45.9 Å². The number of non-ortho nitro benzene ring substituents is 1. The molecule has 2 aromatic heterocycles. The summed E-state index contributed by atoms with van der Waals surface area (Å²) in [4.78, 5) is 41.1. The molecule has 1 aliphatic heterocycles. The summed E-state index contributed by atoms with van der Waals surface area (Å²) in [5, 5.41) is 19.2. The van der Waals surface area contributed by atoms with Gasteiger partial charge in [-0.25, -0.2) is 9.88 Å². The predicted octanol–water partition coefficient (Wildman–Crippen LogP) is 3.62. The molecule has 0 spiro atoms. The Morgan fingerprint density at radius 1 is 1.12 bits per heavy atom. The lowest BCUT2D eigenvalue weighted by Gasteiger charge is -2.14. The maximum absolute atomic E-state index is 12.9. The molecule has 10 nitrogen and oxygen atoms in total. The molecule has 11 heteroatoms. The van der Waals surface area contributed by atoms with E-state index in [9.17, 15) is 19.7 Å². The van der Waals surface area contributed by atoms with Crippen LogP contribution in [-0.2, 0) is 9.59 Å². The van der Waals surface area contributed by atoms with Crippen molar-refractivity contribution in [3.05, 3.63) is 70.9 Å². The van der Waals surface area contributed by atoms with Gasteiger partial charge in [0.15, 0.2) is 5.76 Å². The highest BCUT2D eigenvalue weighted by Crippen LogP contribution is 2.34. The number of hydrogen-bond donors (Lipinski definition) is 0. The van der Waals surface area contributed by atoms with Crippen LogP contribution in [0.15, 0.2) is 70.4 Å². The van der Waals surface area contributed by atoms with Crippen molar-refractivity contribution < 1.29 is 18.9 Å². The third kappa shape index (κ3) is 3.58. The molecule has 1 unspecified atom stereocenters. The monoisotopic (exact) mass is 447 g/mol. The summed E-state index contributed by atoms with van der Waals surface area (Å²) in [5.74, 6) is -0.321. The van der Waals surface area contributed by atoms with Gasteiger partial charge < -0.3 is 4.42 Å². The molecule has 0 radical (unpaired) electrons. The van der Waals surface area contributed by atoms with Crippen LogP contribution in [0.5, 0.6) is 0 Å². The first kappa shape index (κ1) is 19.8. The molecule has 0 saturated carbocycles. The second-order valence-electron chi connectivity index (χ2n) is 6.92. The molecular formula is C21H13N5O5S. The molecule has 1 fully saturated rings. The first-order valence-corrected chi connectivity index (χ1v) is 10.3. The van der Waals surface area contributed by atoms with Crippen LogP contribution in [-0.4, -0.2) is 37.2 Å². The average Bonchev–Trinajstić information content (AvgIpc) is 3.35. The van der Waals surface area contributed by atoms with Crippen LogP contribution in [0.25, 0.3) is 22.4 Å². The van der Waals surface area contributed by atoms with Crippen LogP contribution in [0.3, 0.4) is 0 Å². The fourth-order valence-electron chi connectivity index (χ4n) is 3.38. The van der Waals surface area contributed by atoms with E-state index in [1.807, 2.05) is 30.3 Å². The molecule has 3 heterocycles. The van der Waals surface area contributed by atoms with Gasteiger partial charge in [0.05, 0.1) is 16.8 Å². The summed E-state index contributed by atoms with van der Waals surface area (Å²) in [6.07, 6.45) is 1.42. The Labute approximate surface area is 184 Å². The second kappa shape index (κ2) is 7.85. The van der Waals surface area contributed by atoms with E-state index in [0.717, 1.165) is 22.0 Å². The molecule has 4 aromatic rings. The maximum Gasteiger partial charge on any atom is 0.269 e. The van der Waals surface area contributed by atoms with Crippen molar-refractivity contribution in [3.63, 3.8) is 0 Å². The molecule has 158 valence electrons. The summed E-state index contributed by atoms with van der Waals surface area (Å²) in [6, 6.07) is 14.6. The number of imide groups is 1. The number of amides is 2. The molecule has 2 amide bonds. The zero-order valence-corrected chi connectivity index (χ0v) is 17.1. The average molecular weight is 447 g/mol. The number of nitro benzene ring substituents is 1. The fraction of sp³-hybridized carbons (Fsp3) is 0.0952. The van der Waals surface area contributed by atoms with Gasteiger partial charge >= 0.3 is 0 Å². The number of thioether (sulfide) groups is 1. The van der Waals surface area contributed by atoms with Crippen molar-refractivity contribution in [2.75, 3.05) is 4.90 Å². The number of nitro groups is 1. The van der Waals surface area contributed by atoms with Gasteiger partial charge in [-0.2, -0.15) is 5.10 Å². The molecule has 32 heavy (non-hydrogen) atoms. The third-order valence-electron chi connectivity index (χ3n) is 4.89. The minimum Gasteiger partial charge on any atom is -0.454 e. The molecule has 2 aromatic carbocycles. The van der Waals surface area contributed by atoms with Gasteiger partial charge in [0, 0.05) is 23.9 Å². The number of nitrogens with zero attached hydrogens (tertiary/aromatic N) is 5. The van der Waals surface area contributed by atoms with E-state index in [1.54, 1.807) is 0 Å². The van der Waals surface area contributed by atoms with E-state index in [4.69, 9.17) is 4.42 Å². The number of benzene rings is 2. The van der Waals surface area contributed by atoms with E-state index in [0.29, 0.717) is 17.0 Å². The Balaban J connectivity index is 1.36. The lowest BCUT2D eigenvalue weighted by atomic mass is 10.2. The summed E-state index contributed by atoms with van der Waals surface area (Å²) in [5.41, 5.74) is 1.33. The number of rotatable bonds is 5. The summed E-state index contributed by atoms with van der Waals surface area (Å²) in [7, 11) is 0. The molecule has 0 bridgehead atoms. The second-order valence-corrected chi connectivity index (χ2v) is 8.09. The highest BCUT2D eigenvalue weighted by Gasteiger charge is 2.41. The van der Waals surface area contributed by atoms with Crippen molar-refractivity contribution in [2.24, 2.45) is 0 Å². The van der Waals surface area contributed by atoms with E-state index >= 15 is 0 Å². The number of aromatic nitrogens is 3. The minimum absolute atomic E-state index is 0.0429. The first-order chi connectivity index (χ1) is 15.5. The van der Waals surface area contributed by atoms with Crippen LogP contribution < -0.4 is 4.90 Å². The number of carbonyl (C=O) groups excluding carboxylic acids is 2. The molecule has 5 rings (SSSR count). The summed E-state index contributed by atoms with van der Waals surface area (Å²) < 4.78 is 5.80. The van der Waals surface area contributed by atoms with Gasteiger partial charge in [0.2, 0.25) is 17.0 Å². The Kier molecular flexibility index (Phi) is 4.86. The number of furan rings is 1. The predicted molar refractivity (Wildman–Crippen MR) is 115 cm³/mol. The minimum atomic E-state index is -0.731. The number of fused-ring (bicyclic) bond motifs is 1. The molecule has 0 aliphatic carbocycles. The van der Waals surface area contributed by atoms with Crippen LogP contribution in [0.2, 0.25) is 0 Å². The standard InChI is InChI=1S/C21H13N5O5S/c27-19-10-18(20(28)25(19)13-5-7-14(8-6-13)26(29)30)32-21-23-15(11-22-24-21)17-9-12-3-1-2-4-16(12)31-17/h1-9,11,18H,10H2. The largest absolute Gasteiger partial charge is 0.454 e. The van der Waals surface area contributed by atoms with Gasteiger partial charge in [-0.1, -0.05) is 30.0 Å². The number of anilines is 1. The summed E-state index contributed by atoms with van der Waals surface area (Å²) in [6.45, 7) is 0. The lowest BCUT2D eigenvalue weighted by molar-refractivity contribution is -0.384. The van der Waals surface area contributed by atoms with Crippen molar-refractivity contribution in [2.45, 2.75) is 16.8 Å². The van der Waals surface area contributed by atoms with E-state index < -0.39 is 22.0 Å². The van der Waals surface area contributed by atoms with Crippen LogP contribution in [0.4, 0.5) is 11.4 Å². The molecule has 1 aliphatic rings. The lowest BCUT2D eigenvalue weighted by Crippen LogP contribution is -2.31. The Morgan fingerprint density at radius 2 is 1.91 bits per heavy atom. The molecule has 1 atom stereocenters. The van der Waals surface area contributed by atoms with Gasteiger partial charge in [-0.05, 0) is 24.3 Å². The fourth-order valence-corrected chi connectivity index (χ4v) is 4.31. The Bertz CT molecular complexity index is 1340. The van der Waals surface area contributed by atoms with E-state index in [1.165, 1.54) is 30.5 Å². The van der Waals surface area contributed by atoms with Crippen LogP contribution in [0.1, 0.15) is 6.42 Å². The molecule has 1 saturated heterocycles. The van der Waals surface area contributed by atoms with Crippen molar-refractivity contribution in [3.8, 4) is 11.5 Å². The first-order valence-electron chi connectivity index (χ1n) is 9.46. The SMILES string of the molecule is O=C1CC(Sc2nncc(-c3cc4ccccc4o3)n2)C(=O)N1c1ccc([N+](=O)[O-])cc1. The molecular weight excluding hydrogens is 434 g/mol. The summed E-state index contributed by atoms with van der Waals surface area (Å²) >= 11 is 1.04. The maximum atomic E-state index is 12.9. The van der Waals surface area contributed by atoms with Gasteiger partial charge in [0.1, 0.15) is 16.5 Å². The number of carbonyl (C=O) groups is 2. The Morgan fingerprint density at radius 3 is 2.66 bits per heavy atom. The third-order valence-corrected chi connectivity index (χ3v) is 5.93. The van der Waals surface area contributed by atoms with Gasteiger partial charge in [-0.15, -0.1) is 5.10 Å². The zero-order valence-electron chi connectivity index (χ0n) is 16.2. The molecule has 0 N–H and O–H groups in total. The van der Waals surface area contributed by atoms with Crippen LogP contribution >= 0.6 is 11.8 Å². The zero-order chi connectivity index (χ0) is 22.2. The van der Waals surface area contributed by atoms with Crippen LogP contribution in [0, 0.1) is 10.1 Å². The van der Waals surface area contributed by atoms with Crippen molar-refractivity contribution in [1.29, 1.82) is 0 Å². The number of para-hydroxylation sites is 1.